The Labute approximate surface area is 546 Å². The lowest BCUT2D eigenvalue weighted by Gasteiger charge is -2.25. The predicted molar refractivity (Wildman–Crippen MR) is 371 cm³/mol. The highest BCUT2D eigenvalue weighted by atomic mass is 32.2. The van der Waals surface area contributed by atoms with Crippen LogP contribution in [0.4, 0.5) is 0 Å². The van der Waals surface area contributed by atoms with Crippen LogP contribution in [0.2, 0.25) is 44.3 Å². The number of rotatable bonds is 67. The molecule has 0 rings (SSSR count). The van der Waals surface area contributed by atoms with E-state index in [-0.39, 0.29) is 0 Å². The molecule has 0 aliphatic heterocycles. The zero-order valence-electron chi connectivity index (χ0n) is 57.3. The molecule has 0 fully saturated rings. The summed E-state index contributed by atoms with van der Waals surface area (Å²) in [5, 5.41) is 1.52. The minimum atomic E-state index is -1.22. The Morgan fingerprint density at radius 2 is 0.517 bits per heavy atom. The summed E-state index contributed by atoms with van der Waals surface area (Å²) in [5.74, 6) is 1.04. The molecule has 0 heterocycles. The second-order valence-electron chi connectivity index (χ2n) is 22.5. The number of hydrogen-bond acceptors (Lipinski definition) is 19. The molecular formula is C66H138O17S2Si2. The van der Waals surface area contributed by atoms with Gasteiger partial charge < -0.3 is 76.0 Å². The first-order valence-corrected chi connectivity index (χ1v) is 41.9. The molecule has 0 saturated heterocycles. The SMILES string of the molecule is C=O.C=O.C=O.C=O.CCCCCCCC(=O)SCCC[Si](C)(C)C.CCCCCCOCCOCCOCCOCCOCCOCCCCCCC[Si](C)(CS)CCCCCCCOCCOCCOCCOCCOCCOCCCCCC. The lowest BCUT2D eigenvalue weighted by molar-refractivity contribution is -0.111. The Hall–Kier alpha value is -0.996. The molecule has 17 nitrogen and oxygen atoms in total. The van der Waals surface area contributed by atoms with Crippen molar-refractivity contribution in [2.24, 2.45) is 0 Å². The number of hydrogen-bond donors (Lipinski definition) is 1. The summed E-state index contributed by atoms with van der Waals surface area (Å²) in [5.41, 5.74) is 0. The van der Waals surface area contributed by atoms with Gasteiger partial charge in [-0.1, -0.05) is 192 Å². The maximum Gasteiger partial charge on any atom is 0.188 e. The fourth-order valence-corrected chi connectivity index (χ4v) is 14.3. The average molecular weight is 1320 g/mol. The molecule has 0 aromatic rings. The van der Waals surface area contributed by atoms with Gasteiger partial charge in [-0.25, -0.2) is 0 Å². The highest BCUT2D eigenvalue weighted by molar-refractivity contribution is 8.13. The molecule has 0 unspecified atom stereocenters. The van der Waals surface area contributed by atoms with Gasteiger partial charge in [0.15, 0.2) is 5.12 Å². The maximum atomic E-state index is 11.6. The molecule has 0 radical (unpaired) electrons. The van der Waals surface area contributed by atoms with Gasteiger partial charge in [-0.2, -0.15) is 12.6 Å². The van der Waals surface area contributed by atoms with Crippen LogP contribution in [0.15, 0.2) is 0 Å². The van der Waals surface area contributed by atoms with E-state index in [4.69, 9.17) is 88.6 Å². The zero-order chi connectivity index (χ0) is 66.0. The van der Waals surface area contributed by atoms with E-state index in [2.05, 4.69) is 47.0 Å². The summed E-state index contributed by atoms with van der Waals surface area (Å²) in [6, 6.07) is 4.17. The summed E-state index contributed by atoms with van der Waals surface area (Å²) < 4.78 is 67.1. The molecule has 524 valence electrons. The third kappa shape index (κ3) is 98.8. The van der Waals surface area contributed by atoms with Crippen molar-refractivity contribution in [3.05, 3.63) is 0 Å². The standard InChI is InChI=1S/C48H100O12SSi.C14H30OSSi.4CH2O/c1-4-6-8-16-22-49-26-30-53-34-38-57-42-44-59-40-36-55-32-28-51-24-18-12-10-14-20-46-62(3,48-61)47-21-15-11-13-19-25-52-29-33-56-37-41-60-45-43-58-39-35-54-31-27-50-23-17-9-7-5-2;1-5-6-7-8-9-11-14(15)16-12-10-13-17(2,3)4;4*1-2/h61H,4-48H2,1-3H3;5-13H2,1-4H3;4*1H2. The number of ether oxygens (including phenoxy) is 12. The van der Waals surface area contributed by atoms with Gasteiger partial charge in [0, 0.05) is 46.7 Å². The Morgan fingerprint density at radius 1 is 0.299 bits per heavy atom. The molecule has 0 spiro atoms. The molecule has 0 aromatic carbocycles. The zero-order valence-corrected chi connectivity index (χ0v) is 61.0. The minimum Gasteiger partial charge on any atom is -0.379 e. The van der Waals surface area contributed by atoms with E-state index in [0.29, 0.717) is 137 Å². The van der Waals surface area contributed by atoms with E-state index in [9.17, 15) is 4.79 Å². The molecule has 0 atom stereocenters. The van der Waals surface area contributed by atoms with Gasteiger partial charge in [0.25, 0.3) is 0 Å². The second kappa shape index (κ2) is 91.4. The second-order valence-corrected chi connectivity index (χ2v) is 35.2. The van der Waals surface area contributed by atoms with Crippen LogP contribution in [0, 0.1) is 0 Å². The molecule has 87 heavy (non-hydrogen) atoms. The topological polar surface area (TPSA) is 196 Å². The number of carbonyl (C=O) groups is 5. The van der Waals surface area contributed by atoms with Crippen molar-refractivity contribution in [3.8, 4) is 0 Å². The van der Waals surface area contributed by atoms with E-state index >= 15 is 0 Å². The van der Waals surface area contributed by atoms with Gasteiger partial charge in [0.1, 0.15) is 27.2 Å². The lowest BCUT2D eigenvalue weighted by atomic mass is 10.1. The highest BCUT2D eigenvalue weighted by Crippen LogP contribution is 2.25. The summed E-state index contributed by atoms with van der Waals surface area (Å²) in [4.78, 5) is 43.6. The predicted octanol–water partition coefficient (Wildman–Crippen LogP) is 14.4. The third-order valence-corrected chi connectivity index (χ3v) is 22.4. The van der Waals surface area contributed by atoms with Crippen LogP contribution in [0.1, 0.15) is 181 Å². The van der Waals surface area contributed by atoms with Crippen LogP contribution >= 0.6 is 24.4 Å². The molecule has 0 aliphatic carbocycles. The molecule has 0 amide bonds. The monoisotopic (exact) mass is 1320 g/mol. The fraction of sp³-hybridized carbons (Fsp3) is 0.924. The van der Waals surface area contributed by atoms with Crippen molar-refractivity contribution >= 4 is 72.8 Å². The molecule has 0 N–H and O–H groups in total. The van der Waals surface area contributed by atoms with Crippen LogP contribution in [0.25, 0.3) is 0 Å². The number of thiol groups is 1. The maximum absolute atomic E-state index is 11.6. The smallest absolute Gasteiger partial charge is 0.188 e. The van der Waals surface area contributed by atoms with Crippen LogP contribution < -0.4 is 0 Å². The van der Waals surface area contributed by atoms with E-state index in [1.54, 1.807) is 11.8 Å². The van der Waals surface area contributed by atoms with Gasteiger partial charge in [-0.3, -0.25) is 4.79 Å². The summed E-state index contributed by atoms with van der Waals surface area (Å²) in [6.45, 7) is 39.7. The molecule has 0 aliphatic rings. The first kappa shape index (κ1) is 97.1. The van der Waals surface area contributed by atoms with Crippen LogP contribution in [0.3, 0.4) is 0 Å². The van der Waals surface area contributed by atoms with Crippen molar-refractivity contribution in [2.45, 2.75) is 226 Å². The molecule has 0 saturated carbocycles. The lowest BCUT2D eigenvalue weighted by Crippen LogP contribution is -2.32. The quantitative estimate of drug-likeness (QED) is 0.0342. The first-order chi connectivity index (χ1) is 42.6. The largest absolute Gasteiger partial charge is 0.379 e. The number of carbonyl (C=O) groups excluding carboxylic acids is 5. The Kier molecular flexibility index (Phi) is 102. The fourth-order valence-electron chi connectivity index (χ4n) is 8.25. The normalized spacial score (nSPS) is 11.0. The van der Waals surface area contributed by atoms with Crippen LogP contribution in [-0.2, 0) is 80.8 Å². The van der Waals surface area contributed by atoms with E-state index in [1.165, 1.54) is 140 Å². The highest BCUT2D eigenvalue weighted by Gasteiger charge is 2.24. The van der Waals surface area contributed by atoms with Gasteiger partial charge >= 0.3 is 0 Å². The van der Waals surface area contributed by atoms with Crippen molar-refractivity contribution in [2.75, 3.05) is 170 Å². The van der Waals surface area contributed by atoms with Gasteiger partial charge in [-0.15, -0.1) is 0 Å². The summed E-state index contributed by atoms with van der Waals surface area (Å²) in [6.07, 6.45) is 30.8. The number of unbranched alkanes of at least 4 members (excludes halogenated alkanes) is 18. The molecule has 21 heteroatoms. The van der Waals surface area contributed by atoms with Crippen molar-refractivity contribution in [1.29, 1.82) is 0 Å². The Morgan fingerprint density at radius 3 is 0.770 bits per heavy atom. The van der Waals surface area contributed by atoms with E-state index in [0.717, 1.165) is 76.1 Å². The van der Waals surface area contributed by atoms with E-state index < -0.39 is 16.1 Å². The Bertz CT molecular complexity index is 1160. The van der Waals surface area contributed by atoms with Gasteiger partial charge in [-0.05, 0) is 43.9 Å². The Balaban J connectivity index is -0.000000550. The van der Waals surface area contributed by atoms with Gasteiger partial charge in [0.05, 0.1) is 140 Å². The summed E-state index contributed by atoms with van der Waals surface area (Å²) in [7, 11) is -2.12. The van der Waals surface area contributed by atoms with Crippen molar-refractivity contribution < 1.29 is 80.8 Å². The summed E-state index contributed by atoms with van der Waals surface area (Å²) >= 11 is 6.35. The minimum absolute atomic E-state index is 0.414. The third-order valence-electron chi connectivity index (χ3n) is 13.3. The molecule has 0 bridgehead atoms. The van der Waals surface area contributed by atoms with Crippen molar-refractivity contribution in [1.82, 2.24) is 0 Å². The molecular weight excluding hydrogens is 1190 g/mol. The molecule has 0 aromatic heterocycles. The first-order valence-electron chi connectivity index (χ1n) is 33.5. The number of thioether (sulfide) groups is 1. The van der Waals surface area contributed by atoms with Crippen molar-refractivity contribution in [3.63, 3.8) is 0 Å². The van der Waals surface area contributed by atoms with Crippen LogP contribution in [-0.4, -0.2) is 218 Å². The van der Waals surface area contributed by atoms with Gasteiger partial charge in [0.2, 0.25) is 0 Å². The van der Waals surface area contributed by atoms with E-state index in [1.807, 2.05) is 27.2 Å². The van der Waals surface area contributed by atoms with Crippen LogP contribution in [0.5, 0.6) is 0 Å². The average Bonchev–Trinajstić information content (AvgIpc) is 3.73.